The number of benzene rings is 2. The van der Waals surface area contributed by atoms with Crippen molar-refractivity contribution in [1.29, 1.82) is 0 Å². The predicted octanol–water partition coefficient (Wildman–Crippen LogP) is 4.51. The van der Waals surface area contributed by atoms with Crippen molar-refractivity contribution < 1.29 is 13.5 Å². The molecule has 0 bridgehead atoms. The highest BCUT2D eigenvalue weighted by molar-refractivity contribution is 7.93. The molecule has 0 aliphatic heterocycles. The van der Waals surface area contributed by atoms with Gasteiger partial charge in [-0.05, 0) is 47.6 Å². The topological polar surface area (TPSA) is 110 Å². The Hall–Kier alpha value is -2.36. The van der Waals surface area contributed by atoms with Gasteiger partial charge in [-0.1, -0.05) is 29.8 Å². The number of pyridine rings is 1. The van der Waals surface area contributed by atoms with E-state index in [0.29, 0.717) is 27.0 Å². The first-order valence-corrected chi connectivity index (χ1v) is 11.4. The summed E-state index contributed by atoms with van der Waals surface area (Å²) in [4.78, 5) is 4.42. The van der Waals surface area contributed by atoms with E-state index >= 15 is 0 Å². The lowest BCUT2D eigenvalue weighted by Gasteiger charge is -2.16. The van der Waals surface area contributed by atoms with Crippen LogP contribution in [0, 0.1) is 0 Å². The Morgan fingerprint density at radius 1 is 1.07 bits per heavy atom. The molecule has 0 fully saturated rings. The van der Waals surface area contributed by atoms with Crippen molar-refractivity contribution in [3.8, 4) is 0 Å². The lowest BCUT2D eigenvalue weighted by Crippen LogP contribution is -2.16. The van der Waals surface area contributed by atoms with Crippen molar-refractivity contribution in [3.05, 3.63) is 77.4 Å². The molecule has 4 rings (SSSR count). The van der Waals surface area contributed by atoms with Crippen LogP contribution in [0.25, 0.3) is 11.0 Å². The van der Waals surface area contributed by atoms with Gasteiger partial charge >= 0.3 is 5.09 Å². The summed E-state index contributed by atoms with van der Waals surface area (Å²) in [5.74, 6) is 0.597. The van der Waals surface area contributed by atoms with Gasteiger partial charge in [0.2, 0.25) is 0 Å². The number of furan rings is 1. The third-order valence-corrected chi connectivity index (χ3v) is 6.77. The zero-order valence-corrected chi connectivity index (χ0v) is 17.4. The number of halogens is 1. The number of para-hydroxylation sites is 1. The number of anilines is 2. The molecule has 0 saturated carbocycles. The zero-order chi connectivity index (χ0) is 20.4. The van der Waals surface area contributed by atoms with Gasteiger partial charge in [0.05, 0.1) is 0 Å². The summed E-state index contributed by atoms with van der Waals surface area (Å²) in [6.07, 6.45) is 1.57. The second-order valence-electron chi connectivity index (χ2n) is 6.19. The zero-order valence-electron chi connectivity index (χ0n) is 15.0. The molecule has 0 aliphatic rings. The maximum absolute atomic E-state index is 13.0. The summed E-state index contributed by atoms with van der Waals surface area (Å²) < 4.78 is 34.3. The summed E-state index contributed by atoms with van der Waals surface area (Å²) in [6, 6.07) is 17.4. The number of nitrogen functional groups attached to an aromatic ring is 1. The molecule has 0 amide bonds. The second kappa shape index (κ2) is 8.56. The van der Waals surface area contributed by atoms with E-state index in [2.05, 4.69) is 9.71 Å². The molecule has 0 radical (unpaired) electrons. The lowest BCUT2D eigenvalue weighted by atomic mass is 10.3. The molecule has 9 heteroatoms. The quantitative estimate of drug-likeness (QED) is 0.422. The highest BCUT2D eigenvalue weighted by Gasteiger charge is 2.24. The van der Waals surface area contributed by atoms with Crippen LogP contribution < -0.4 is 10.5 Å². The third-order valence-electron chi connectivity index (χ3n) is 4.12. The molecule has 2 heterocycles. The van der Waals surface area contributed by atoms with Crippen molar-refractivity contribution in [1.82, 2.24) is 4.98 Å². The SMILES string of the molecule is Nc1cc(C[S+]([O-])c2ccc(Cl)cc2N[S+]([O-])c2cc3ccccc3o2)ccn1. The number of nitrogens with one attached hydrogen (secondary N) is 1. The fourth-order valence-electron chi connectivity index (χ4n) is 2.79. The van der Waals surface area contributed by atoms with Gasteiger partial charge < -0.3 is 19.3 Å². The number of fused-ring (bicyclic) bond motifs is 1. The fourth-order valence-corrected chi connectivity index (χ4v) is 5.11. The van der Waals surface area contributed by atoms with Crippen LogP contribution in [0.4, 0.5) is 11.5 Å². The Balaban J connectivity index is 1.58. The summed E-state index contributed by atoms with van der Waals surface area (Å²) in [5, 5.41) is 1.55. The normalized spacial score (nSPS) is 13.3. The van der Waals surface area contributed by atoms with E-state index in [1.54, 1.807) is 48.7 Å². The maximum Gasteiger partial charge on any atom is 0.339 e. The van der Waals surface area contributed by atoms with Gasteiger partial charge in [0, 0.05) is 28.2 Å². The molecule has 0 saturated heterocycles. The lowest BCUT2D eigenvalue weighted by molar-refractivity contribution is 0.484. The molecule has 29 heavy (non-hydrogen) atoms. The molecule has 6 nitrogen and oxygen atoms in total. The Labute approximate surface area is 178 Å². The number of nitrogens with two attached hydrogens (primary N) is 1. The van der Waals surface area contributed by atoms with Crippen LogP contribution in [0.15, 0.2) is 81.3 Å². The van der Waals surface area contributed by atoms with Crippen LogP contribution in [0.1, 0.15) is 5.56 Å². The highest BCUT2D eigenvalue weighted by atomic mass is 35.5. The van der Waals surface area contributed by atoms with Gasteiger partial charge in [0.1, 0.15) is 34.2 Å². The Kier molecular flexibility index (Phi) is 5.89. The molecule has 3 N–H and O–H groups in total. The second-order valence-corrected chi connectivity index (χ2v) is 9.19. The molecule has 2 atom stereocenters. The van der Waals surface area contributed by atoms with Crippen LogP contribution >= 0.6 is 11.6 Å². The molecule has 2 aromatic carbocycles. The van der Waals surface area contributed by atoms with Gasteiger partial charge in [0.25, 0.3) is 0 Å². The van der Waals surface area contributed by atoms with Gasteiger partial charge in [0.15, 0.2) is 4.90 Å². The van der Waals surface area contributed by atoms with Crippen molar-refractivity contribution in [3.63, 3.8) is 0 Å². The Morgan fingerprint density at radius 2 is 1.90 bits per heavy atom. The molecule has 2 unspecified atom stereocenters. The standard InChI is InChI=1S/C20H16ClN3O3S2/c21-15-5-6-18(28(25)12-13-7-8-23-19(22)9-13)16(11-15)24-29(26)20-10-14-3-1-2-4-17(14)27-20/h1-11,24H,12H2,(H2,22,23). The van der Waals surface area contributed by atoms with Crippen LogP contribution in [0.2, 0.25) is 5.02 Å². The van der Waals surface area contributed by atoms with E-state index in [9.17, 15) is 9.11 Å². The molecule has 4 aromatic rings. The van der Waals surface area contributed by atoms with E-state index in [4.69, 9.17) is 21.8 Å². The van der Waals surface area contributed by atoms with Crippen molar-refractivity contribution >= 4 is 56.6 Å². The minimum atomic E-state index is -1.69. The van der Waals surface area contributed by atoms with E-state index in [-0.39, 0.29) is 10.8 Å². The average Bonchev–Trinajstić information content (AvgIpc) is 3.12. The number of hydrogen-bond acceptors (Lipinski definition) is 6. The number of rotatable bonds is 6. The van der Waals surface area contributed by atoms with Gasteiger partial charge in [-0.2, -0.15) is 4.72 Å². The van der Waals surface area contributed by atoms with Crippen LogP contribution in [-0.4, -0.2) is 14.1 Å². The van der Waals surface area contributed by atoms with Crippen LogP contribution in [0.5, 0.6) is 0 Å². The average molecular weight is 446 g/mol. The first-order valence-electron chi connectivity index (χ1n) is 8.55. The van der Waals surface area contributed by atoms with E-state index < -0.39 is 22.5 Å². The highest BCUT2D eigenvalue weighted by Crippen LogP contribution is 2.31. The number of nitrogens with zero attached hydrogens (tertiary/aromatic N) is 1. The first-order chi connectivity index (χ1) is 14.0. The largest absolute Gasteiger partial charge is 0.611 e. The summed E-state index contributed by atoms with van der Waals surface area (Å²) in [6.45, 7) is 0. The summed E-state index contributed by atoms with van der Waals surface area (Å²) in [7, 11) is 0. The van der Waals surface area contributed by atoms with E-state index in [0.717, 1.165) is 10.9 Å². The summed E-state index contributed by atoms with van der Waals surface area (Å²) >= 11 is 3.00. The Morgan fingerprint density at radius 3 is 2.69 bits per heavy atom. The molecule has 2 aromatic heterocycles. The minimum absolute atomic E-state index is 0.236. The Bertz CT molecular complexity index is 1120. The van der Waals surface area contributed by atoms with Crippen LogP contribution in [0.3, 0.4) is 0 Å². The predicted molar refractivity (Wildman–Crippen MR) is 116 cm³/mol. The van der Waals surface area contributed by atoms with Gasteiger partial charge in [-0.15, -0.1) is 0 Å². The van der Waals surface area contributed by atoms with Crippen molar-refractivity contribution in [2.45, 2.75) is 15.7 Å². The van der Waals surface area contributed by atoms with E-state index in [1.807, 2.05) is 18.2 Å². The monoisotopic (exact) mass is 445 g/mol. The molecule has 0 aliphatic carbocycles. The number of hydrogen-bond donors (Lipinski definition) is 2. The summed E-state index contributed by atoms with van der Waals surface area (Å²) in [5.41, 5.74) is 7.54. The van der Waals surface area contributed by atoms with E-state index in [1.165, 1.54) is 0 Å². The molecular formula is C20H16ClN3O3S2. The molecule has 148 valence electrons. The van der Waals surface area contributed by atoms with Crippen molar-refractivity contribution in [2.24, 2.45) is 0 Å². The van der Waals surface area contributed by atoms with Crippen LogP contribution in [-0.2, 0) is 28.3 Å². The fraction of sp³-hybridized carbons (Fsp3) is 0.0500. The molecule has 0 spiro atoms. The smallest absolute Gasteiger partial charge is 0.339 e. The number of aromatic nitrogens is 1. The van der Waals surface area contributed by atoms with Gasteiger partial charge in [-0.25, -0.2) is 4.98 Å². The third kappa shape index (κ3) is 4.63. The minimum Gasteiger partial charge on any atom is -0.611 e. The molecular weight excluding hydrogens is 430 g/mol. The maximum atomic E-state index is 13.0. The van der Waals surface area contributed by atoms with Gasteiger partial charge in [-0.3, -0.25) is 0 Å². The van der Waals surface area contributed by atoms with Crippen molar-refractivity contribution in [2.75, 3.05) is 10.5 Å². The first kappa shape index (κ1) is 19.9.